The zero-order valence-electron chi connectivity index (χ0n) is 12.6. The van der Waals surface area contributed by atoms with Gasteiger partial charge >= 0.3 is 0 Å². The molecule has 3 N–H and O–H groups in total. The van der Waals surface area contributed by atoms with Gasteiger partial charge in [0, 0.05) is 11.9 Å². The quantitative estimate of drug-likeness (QED) is 0.629. The van der Waals surface area contributed by atoms with Crippen LogP contribution in [-0.2, 0) is 6.42 Å². The summed E-state index contributed by atoms with van der Waals surface area (Å²) >= 11 is 0. The molecule has 5 heteroatoms. The SMILES string of the molecule is COc1ccc(CC(NN)c2ccc(C)nc2)cc1OC. The molecule has 0 aliphatic carbocycles. The number of nitrogens with two attached hydrogens (primary N) is 1. The smallest absolute Gasteiger partial charge is 0.160 e. The molecule has 1 aromatic heterocycles. The number of rotatable bonds is 6. The summed E-state index contributed by atoms with van der Waals surface area (Å²) in [6.07, 6.45) is 2.59. The van der Waals surface area contributed by atoms with E-state index in [1.54, 1.807) is 14.2 Å². The third-order valence-corrected chi connectivity index (χ3v) is 3.43. The lowest BCUT2D eigenvalue weighted by atomic mass is 10.00. The van der Waals surface area contributed by atoms with E-state index >= 15 is 0 Å². The topological polar surface area (TPSA) is 69.4 Å². The van der Waals surface area contributed by atoms with Gasteiger partial charge in [0.15, 0.2) is 11.5 Å². The second-order valence-electron chi connectivity index (χ2n) is 4.85. The zero-order chi connectivity index (χ0) is 15.2. The zero-order valence-corrected chi connectivity index (χ0v) is 12.6. The Morgan fingerprint density at radius 1 is 1.14 bits per heavy atom. The van der Waals surface area contributed by atoms with Crippen LogP contribution < -0.4 is 20.7 Å². The van der Waals surface area contributed by atoms with Crippen LogP contribution in [0.4, 0.5) is 0 Å². The molecular formula is C16H21N3O2. The number of aromatic nitrogens is 1. The molecular weight excluding hydrogens is 266 g/mol. The fourth-order valence-corrected chi connectivity index (χ4v) is 2.20. The highest BCUT2D eigenvalue weighted by atomic mass is 16.5. The predicted molar refractivity (Wildman–Crippen MR) is 82.3 cm³/mol. The highest BCUT2D eigenvalue weighted by Crippen LogP contribution is 2.29. The Balaban J connectivity index is 2.20. The Labute approximate surface area is 125 Å². The van der Waals surface area contributed by atoms with Crippen LogP contribution in [0.5, 0.6) is 11.5 Å². The second kappa shape index (κ2) is 7.06. The van der Waals surface area contributed by atoms with Gasteiger partial charge in [0.2, 0.25) is 0 Å². The third-order valence-electron chi connectivity index (χ3n) is 3.43. The van der Waals surface area contributed by atoms with E-state index in [1.807, 2.05) is 43.5 Å². The first-order valence-electron chi connectivity index (χ1n) is 6.77. The number of nitrogens with one attached hydrogen (secondary N) is 1. The molecule has 1 heterocycles. The van der Waals surface area contributed by atoms with E-state index in [0.717, 1.165) is 29.0 Å². The maximum absolute atomic E-state index is 5.68. The Morgan fingerprint density at radius 3 is 2.48 bits per heavy atom. The molecule has 0 aliphatic heterocycles. The van der Waals surface area contributed by atoms with E-state index in [9.17, 15) is 0 Å². The molecule has 1 aromatic carbocycles. The highest BCUT2D eigenvalue weighted by molar-refractivity contribution is 5.43. The number of benzene rings is 1. The summed E-state index contributed by atoms with van der Waals surface area (Å²) < 4.78 is 10.6. The van der Waals surface area contributed by atoms with Crippen molar-refractivity contribution >= 4 is 0 Å². The van der Waals surface area contributed by atoms with Gasteiger partial charge in [-0.15, -0.1) is 0 Å². The van der Waals surface area contributed by atoms with Gasteiger partial charge in [-0.1, -0.05) is 12.1 Å². The number of aryl methyl sites for hydroxylation is 1. The van der Waals surface area contributed by atoms with Crippen molar-refractivity contribution in [1.82, 2.24) is 10.4 Å². The van der Waals surface area contributed by atoms with Crippen molar-refractivity contribution in [2.45, 2.75) is 19.4 Å². The molecule has 0 bridgehead atoms. The number of hydrogen-bond acceptors (Lipinski definition) is 5. The first-order chi connectivity index (χ1) is 10.2. The molecule has 0 fully saturated rings. The minimum absolute atomic E-state index is 0.00352. The minimum Gasteiger partial charge on any atom is -0.493 e. The summed E-state index contributed by atoms with van der Waals surface area (Å²) in [6.45, 7) is 1.96. The van der Waals surface area contributed by atoms with Gasteiger partial charge < -0.3 is 9.47 Å². The Morgan fingerprint density at radius 2 is 1.90 bits per heavy atom. The van der Waals surface area contributed by atoms with Crippen molar-refractivity contribution in [3.05, 3.63) is 53.3 Å². The van der Waals surface area contributed by atoms with E-state index in [1.165, 1.54) is 0 Å². The molecule has 0 amide bonds. The van der Waals surface area contributed by atoms with Crippen molar-refractivity contribution in [2.75, 3.05) is 14.2 Å². The second-order valence-corrected chi connectivity index (χ2v) is 4.85. The molecule has 0 radical (unpaired) electrons. The molecule has 0 saturated heterocycles. The van der Waals surface area contributed by atoms with Crippen LogP contribution >= 0.6 is 0 Å². The van der Waals surface area contributed by atoms with Gasteiger partial charge in [0.1, 0.15) is 0 Å². The molecule has 21 heavy (non-hydrogen) atoms. The molecule has 5 nitrogen and oxygen atoms in total. The van der Waals surface area contributed by atoms with Crippen LogP contribution in [0.3, 0.4) is 0 Å². The summed E-state index contributed by atoms with van der Waals surface area (Å²) in [5.74, 6) is 7.12. The van der Waals surface area contributed by atoms with Crippen LogP contribution in [-0.4, -0.2) is 19.2 Å². The van der Waals surface area contributed by atoms with Gasteiger partial charge in [-0.05, 0) is 42.7 Å². The molecule has 1 atom stereocenters. The van der Waals surface area contributed by atoms with Gasteiger partial charge in [-0.3, -0.25) is 16.3 Å². The number of hydrogen-bond donors (Lipinski definition) is 2. The average Bonchev–Trinajstić information content (AvgIpc) is 2.53. The Kier molecular flexibility index (Phi) is 5.14. The number of hydrazine groups is 1. The lowest BCUT2D eigenvalue weighted by Gasteiger charge is -2.17. The minimum atomic E-state index is -0.00352. The predicted octanol–water partition coefficient (Wildman–Crippen LogP) is 2.15. The van der Waals surface area contributed by atoms with Crippen molar-refractivity contribution in [3.63, 3.8) is 0 Å². The molecule has 1 unspecified atom stereocenters. The third kappa shape index (κ3) is 3.71. The molecule has 2 rings (SSSR count). The van der Waals surface area contributed by atoms with Crippen LogP contribution in [0.15, 0.2) is 36.5 Å². The Hall–Kier alpha value is -2.11. The number of nitrogens with zero attached hydrogens (tertiary/aromatic N) is 1. The number of ether oxygens (including phenoxy) is 2. The van der Waals surface area contributed by atoms with Gasteiger partial charge in [-0.25, -0.2) is 0 Å². The molecule has 0 saturated carbocycles. The van der Waals surface area contributed by atoms with Crippen molar-refractivity contribution in [3.8, 4) is 11.5 Å². The van der Waals surface area contributed by atoms with E-state index in [0.29, 0.717) is 5.75 Å². The van der Waals surface area contributed by atoms with Crippen molar-refractivity contribution < 1.29 is 9.47 Å². The standard InChI is InChI=1S/C16H21N3O2/c1-11-4-6-13(10-18-11)14(19-17)8-12-5-7-15(20-2)16(9-12)21-3/h4-7,9-10,14,19H,8,17H2,1-3H3. The maximum atomic E-state index is 5.68. The first kappa shape index (κ1) is 15.3. The lowest BCUT2D eigenvalue weighted by Crippen LogP contribution is -2.29. The monoisotopic (exact) mass is 287 g/mol. The average molecular weight is 287 g/mol. The Bertz CT molecular complexity index is 585. The van der Waals surface area contributed by atoms with Crippen LogP contribution in [0, 0.1) is 6.92 Å². The number of pyridine rings is 1. The highest BCUT2D eigenvalue weighted by Gasteiger charge is 2.13. The van der Waals surface area contributed by atoms with E-state index < -0.39 is 0 Å². The summed E-state index contributed by atoms with van der Waals surface area (Å²) in [7, 11) is 3.25. The van der Waals surface area contributed by atoms with E-state index in [2.05, 4.69) is 10.4 Å². The fraction of sp³-hybridized carbons (Fsp3) is 0.312. The summed E-state index contributed by atoms with van der Waals surface area (Å²) in [4.78, 5) is 4.31. The van der Waals surface area contributed by atoms with Crippen molar-refractivity contribution in [1.29, 1.82) is 0 Å². The van der Waals surface area contributed by atoms with Gasteiger partial charge in [0.05, 0.1) is 20.3 Å². The first-order valence-corrected chi connectivity index (χ1v) is 6.77. The maximum Gasteiger partial charge on any atom is 0.160 e. The van der Waals surface area contributed by atoms with Crippen LogP contribution in [0.1, 0.15) is 22.9 Å². The lowest BCUT2D eigenvalue weighted by molar-refractivity contribution is 0.354. The van der Waals surface area contributed by atoms with E-state index in [4.69, 9.17) is 15.3 Å². The van der Waals surface area contributed by atoms with Gasteiger partial charge in [-0.2, -0.15) is 0 Å². The normalized spacial score (nSPS) is 12.0. The molecule has 0 spiro atoms. The summed E-state index contributed by atoms with van der Waals surface area (Å²) in [5, 5.41) is 0. The number of methoxy groups -OCH3 is 2. The van der Waals surface area contributed by atoms with Crippen LogP contribution in [0.25, 0.3) is 0 Å². The van der Waals surface area contributed by atoms with Crippen LogP contribution in [0.2, 0.25) is 0 Å². The summed E-state index contributed by atoms with van der Waals surface area (Å²) in [6, 6.07) is 9.88. The summed E-state index contributed by atoms with van der Waals surface area (Å²) in [5.41, 5.74) is 5.99. The largest absolute Gasteiger partial charge is 0.493 e. The van der Waals surface area contributed by atoms with E-state index in [-0.39, 0.29) is 6.04 Å². The molecule has 112 valence electrons. The van der Waals surface area contributed by atoms with Gasteiger partial charge in [0.25, 0.3) is 0 Å². The fourth-order valence-electron chi connectivity index (χ4n) is 2.20. The molecule has 2 aromatic rings. The van der Waals surface area contributed by atoms with Crippen molar-refractivity contribution in [2.24, 2.45) is 5.84 Å². The molecule has 0 aliphatic rings.